The number of ether oxygens (including phenoxy) is 1. The molecule has 0 bridgehead atoms. The number of hydrogen-bond acceptors (Lipinski definition) is 5. The van der Waals surface area contributed by atoms with E-state index in [1.54, 1.807) is 16.8 Å². The number of fused-ring (bicyclic) bond motifs is 1. The van der Waals surface area contributed by atoms with Crippen LogP contribution in [0.5, 0.6) is 5.75 Å². The Morgan fingerprint density at radius 3 is 2.68 bits per heavy atom. The second-order valence-corrected chi connectivity index (χ2v) is 8.35. The highest BCUT2D eigenvalue weighted by molar-refractivity contribution is 6.42. The van der Waals surface area contributed by atoms with Crippen LogP contribution in [0.15, 0.2) is 53.7 Å². The van der Waals surface area contributed by atoms with E-state index in [0.29, 0.717) is 34.8 Å². The third-order valence-corrected chi connectivity index (χ3v) is 6.29. The monoisotopic (exact) mass is 454 g/mol. The maximum Gasteiger partial charge on any atom is 0.226 e. The van der Waals surface area contributed by atoms with Gasteiger partial charge in [0, 0.05) is 23.3 Å². The fourth-order valence-corrected chi connectivity index (χ4v) is 4.44. The summed E-state index contributed by atoms with van der Waals surface area (Å²) in [6.07, 6.45) is 2.14. The van der Waals surface area contributed by atoms with E-state index >= 15 is 0 Å². The van der Waals surface area contributed by atoms with Gasteiger partial charge < -0.3 is 10.1 Å². The summed E-state index contributed by atoms with van der Waals surface area (Å²) < 4.78 is 7.30. The molecular weight excluding hydrogens is 435 g/mol. The summed E-state index contributed by atoms with van der Waals surface area (Å²) >= 11 is 12.4. The molecule has 31 heavy (non-hydrogen) atoms. The molecule has 0 amide bonds. The van der Waals surface area contributed by atoms with E-state index in [1.165, 1.54) is 0 Å². The van der Waals surface area contributed by atoms with Gasteiger partial charge in [0.2, 0.25) is 5.95 Å². The quantitative estimate of drug-likeness (QED) is 0.549. The molecule has 0 fully saturated rings. The van der Waals surface area contributed by atoms with Crippen LogP contribution in [-0.2, 0) is 4.79 Å². The van der Waals surface area contributed by atoms with Crippen LogP contribution in [0.3, 0.4) is 0 Å². The van der Waals surface area contributed by atoms with Gasteiger partial charge in [0.05, 0.1) is 16.7 Å². The van der Waals surface area contributed by atoms with Crippen molar-refractivity contribution in [1.29, 1.82) is 0 Å². The van der Waals surface area contributed by atoms with Gasteiger partial charge in [-0.25, -0.2) is 4.68 Å². The number of benzene rings is 2. The molecule has 3 aromatic rings. The lowest BCUT2D eigenvalue weighted by atomic mass is 9.85. The molecule has 1 aliphatic heterocycles. The molecule has 1 aromatic heterocycles. The van der Waals surface area contributed by atoms with Crippen molar-refractivity contribution in [3.63, 3.8) is 0 Å². The lowest BCUT2D eigenvalue weighted by Crippen LogP contribution is -2.31. The number of anilines is 1. The highest BCUT2D eigenvalue weighted by atomic mass is 35.5. The van der Waals surface area contributed by atoms with Crippen LogP contribution in [-0.4, -0.2) is 27.2 Å². The Kier molecular flexibility index (Phi) is 5.20. The molecule has 2 heterocycles. The number of carbonyl (C=O) groups excluding carboxylic acids is 1. The Hall–Kier alpha value is -2.83. The maximum atomic E-state index is 12.9. The Labute approximate surface area is 189 Å². The number of rotatable bonds is 4. The minimum Gasteiger partial charge on any atom is -0.494 e. The maximum absolute atomic E-state index is 12.9. The minimum atomic E-state index is -0.405. The van der Waals surface area contributed by atoms with Crippen molar-refractivity contribution in [3.05, 3.63) is 69.3 Å². The standard InChI is InChI=1S/C23H20Cl2N4O2/c1-2-31-15-9-6-13(7-10-15)22-27-23-26-18-4-3-5-19(30)20(18)21(29(23)28-22)14-8-11-16(24)17(25)12-14/h6-12,21H,2-5H2,1H3,(H,26,27,28). The summed E-state index contributed by atoms with van der Waals surface area (Å²) in [5.41, 5.74) is 3.35. The molecule has 2 aromatic carbocycles. The van der Waals surface area contributed by atoms with Gasteiger partial charge >= 0.3 is 0 Å². The van der Waals surface area contributed by atoms with Gasteiger partial charge in [-0.15, -0.1) is 5.10 Å². The molecular formula is C23H20Cl2N4O2. The number of nitrogens with zero attached hydrogens (tertiary/aromatic N) is 3. The predicted molar refractivity (Wildman–Crippen MR) is 121 cm³/mol. The molecule has 1 atom stereocenters. The number of Topliss-reactive ketones (excluding diaryl/α,β-unsaturated/α-hetero) is 1. The first kappa shape index (κ1) is 20.1. The molecule has 8 heteroatoms. The van der Waals surface area contributed by atoms with Crippen LogP contribution in [0.25, 0.3) is 11.4 Å². The Morgan fingerprint density at radius 2 is 1.94 bits per heavy atom. The number of nitrogens with one attached hydrogen (secondary N) is 1. The molecule has 1 aliphatic carbocycles. The molecule has 0 saturated heterocycles. The van der Waals surface area contributed by atoms with Crippen molar-refractivity contribution < 1.29 is 9.53 Å². The number of ketones is 1. The Morgan fingerprint density at radius 1 is 1.13 bits per heavy atom. The molecule has 1 unspecified atom stereocenters. The van der Waals surface area contributed by atoms with Gasteiger partial charge in [-0.2, -0.15) is 4.98 Å². The molecule has 2 aliphatic rings. The van der Waals surface area contributed by atoms with Crippen LogP contribution in [0.4, 0.5) is 5.95 Å². The van der Waals surface area contributed by atoms with Gasteiger partial charge in [0.15, 0.2) is 11.6 Å². The second-order valence-electron chi connectivity index (χ2n) is 7.53. The summed E-state index contributed by atoms with van der Waals surface area (Å²) in [7, 11) is 0. The first-order valence-corrected chi connectivity index (χ1v) is 11.0. The zero-order valence-electron chi connectivity index (χ0n) is 16.9. The van der Waals surface area contributed by atoms with E-state index in [2.05, 4.69) is 5.32 Å². The van der Waals surface area contributed by atoms with Gasteiger partial charge in [0.25, 0.3) is 0 Å². The van der Waals surface area contributed by atoms with Crippen LogP contribution >= 0.6 is 23.2 Å². The first-order valence-electron chi connectivity index (χ1n) is 10.2. The molecule has 5 rings (SSSR count). The van der Waals surface area contributed by atoms with E-state index in [1.807, 2.05) is 37.3 Å². The zero-order chi connectivity index (χ0) is 21.5. The molecule has 0 spiro atoms. The van der Waals surface area contributed by atoms with E-state index < -0.39 is 6.04 Å². The van der Waals surface area contributed by atoms with E-state index in [4.69, 9.17) is 38.0 Å². The number of aromatic nitrogens is 3. The molecule has 158 valence electrons. The second kappa shape index (κ2) is 8.02. The number of halogens is 2. The fraction of sp³-hybridized carbons (Fsp3) is 0.261. The lowest BCUT2D eigenvalue weighted by Gasteiger charge is -2.32. The first-order chi connectivity index (χ1) is 15.0. The topological polar surface area (TPSA) is 69.0 Å². The third kappa shape index (κ3) is 3.60. The van der Waals surface area contributed by atoms with Crippen molar-refractivity contribution in [2.75, 3.05) is 11.9 Å². The zero-order valence-corrected chi connectivity index (χ0v) is 18.4. The average molecular weight is 455 g/mol. The number of allylic oxidation sites excluding steroid dienone is 2. The van der Waals surface area contributed by atoms with Crippen LogP contribution < -0.4 is 10.1 Å². The average Bonchev–Trinajstić information content (AvgIpc) is 3.19. The SMILES string of the molecule is CCOc1ccc(-c2nc3n(n2)C(c2ccc(Cl)c(Cl)c2)C2=C(CCCC2=O)N3)cc1. The number of hydrogen-bond donors (Lipinski definition) is 1. The van der Waals surface area contributed by atoms with Crippen molar-refractivity contribution in [3.8, 4) is 17.1 Å². The van der Waals surface area contributed by atoms with Crippen molar-refractivity contribution in [1.82, 2.24) is 14.8 Å². The van der Waals surface area contributed by atoms with E-state index in [9.17, 15) is 4.79 Å². The smallest absolute Gasteiger partial charge is 0.226 e. The normalized spacial score (nSPS) is 17.8. The van der Waals surface area contributed by atoms with Crippen molar-refractivity contribution in [2.24, 2.45) is 0 Å². The molecule has 0 radical (unpaired) electrons. The Bertz CT molecular complexity index is 1200. The van der Waals surface area contributed by atoms with Crippen LogP contribution in [0, 0.1) is 0 Å². The number of carbonyl (C=O) groups is 1. The van der Waals surface area contributed by atoms with E-state index in [-0.39, 0.29) is 5.78 Å². The summed E-state index contributed by atoms with van der Waals surface area (Å²) in [5.74, 6) is 2.09. The molecule has 1 N–H and O–H groups in total. The van der Waals surface area contributed by atoms with Crippen LogP contribution in [0.2, 0.25) is 10.0 Å². The summed E-state index contributed by atoms with van der Waals surface area (Å²) in [6.45, 7) is 2.56. The van der Waals surface area contributed by atoms with E-state index in [0.717, 1.165) is 41.0 Å². The lowest BCUT2D eigenvalue weighted by molar-refractivity contribution is -0.116. The highest BCUT2D eigenvalue weighted by Gasteiger charge is 2.37. The van der Waals surface area contributed by atoms with Crippen molar-refractivity contribution >= 4 is 34.9 Å². The van der Waals surface area contributed by atoms with Crippen molar-refractivity contribution in [2.45, 2.75) is 32.2 Å². The highest BCUT2D eigenvalue weighted by Crippen LogP contribution is 2.41. The fourth-order valence-electron chi connectivity index (χ4n) is 4.14. The predicted octanol–water partition coefficient (Wildman–Crippen LogP) is 5.67. The van der Waals surface area contributed by atoms with Gasteiger partial charge in [-0.3, -0.25) is 4.79 Å². The minimum absolute atomic E-state index is 0.119. The van der Waals surface area contributed by atoms with Gasteiger partial charge in [0.1, 0.15) is 11.8 Å². The summed E-state index contributed by atoms with van der Waals surface area (Å²) in [4.78, 5) is 17.6. The third-order valence-electron chi connectivity index (χ3n) is 5.55. The summed E-state index contributed by atoms with van der Waals surface area (Å²) in [5, 5.41) is 9.02. The molecule has 6 nitrogen and oxygen atoms in total. The summed E-state index contributed by atoms with van der Waals surface area (Å²) in [6, 6.07) is 12.7. The molecule has 0 saturated carbocycles. The largest absolute Gasteiger partial charge is 0.494 e. The van der Waals surface area contributed by atoms with Gasteiger partial charge in [-0.1, -0.05) is 29.3 Å². The van der Waals surface area contributed by atoms with Gasteiger partial charge in [-0.05, 0) is 61.7 Å². The van der Waals surface area contributed by atoms with Crippen LogP contribution in [0.1, 0.15) is 37.8 Å². The Balaban J connectivity index is 1.61.